The molecule has 1 aromatic rings. The van der Waals surface area contributed by atoms with Crippen LogP contribution in [0.2, 0.25) is 5.02 Å². The molecule has 1 aliphatic carbocycles. The third-order valence-corrected chi connectivity index (χ3v) is 5.75. The molecule has 18 heavy (non-hydrogen) atoms. The summed E-state index contributed by atoms with van der Waals surface area (Å²) in [6, 6.07) is 5.58. The highest BCUT2D eigenvalue weighted by molar-refractivity contribution is 14.1. The zero-order chi connectivity index (χ0) is 12.7. The Balaban J connectivity index is 1.77. The number of halogens is 2. The van der Waals surface area contributed by atoms with Crippen LogP contribution in [0.5, 0.6) is 0 Å². The van der Waals surface area contributed by atoms with Gasteiger partial charge in [-0.3, -0.25) is 4.79 Å². The summed E-state index contributed by atoms with van der Waals surface area (Å²) in [7, 11) is 0. The van der Waals surface area contributed by atoms with Gasteiger partial charge in [0.25, 0.3) is 5.91 Å². The monoisotopic (exact) mass is 375 g/mol. The Bertz CT molecular complexity index is 479. The number of nitrogens with zero attached hydrogens (tertiary/aromatic N) is 1. The summed E-state index contributed by atoms with van der Waals surface area (Å²) in [5.41, 5.74) is 0.723. The molecule has 0 N–H and O–H groups in total. The number of benzene rings is 1. The Morgan fingerprint density at radius 1 is 1.28 bits per heavy atom. The van der Waals surface area contributed by atoms with Crippen molar-refractivity contribution in [2.75, 3.05) is 13.1 Å². The van der Waals surface area contributed by atoms with Crippen molar-refractivity contribution in [3.8, 4) is 0 Å². The van der Waals surface area contributed by atoms with Gasteiger partial charge < -0.3 is 4.90 Å². The molecule has 1 saturated heterocycles. The molecule has 4 heteroatoms. The minimum absolute atomic E-state index is 0.141. The molecule has 1 heterocycles. The first-order chi connectivity index (χ1) is 8.65. The second-order valence-electron chi connectivity index (χ2n) is 5.29. The zero-order valence-electron chi connectivity index (χ0n) is 10.0. The van der Waals surface area contributed by atoms with Gasteiger partial charge in [0.05, 0.1) is 5.02 Å². The summed E-state index contributed by atoms with van der Waals surface area (Å²) >= 11 is 8.26. The molecule has 0 bridgehead atoms. The molecule has 0 radical (unpaired) electrons. The van der Waals surface area contributed by atoms with E-state index in [0.717, 1.165) is 34.1 Å². The summed E-state index contributed by atoms with van der Waals surface area (Å²) in [5.74, 6) is 1.63. The smallest absolute Gasteiger partial charge is 0.253 e. The topological polar surface area (TPSA) is 20.3 Å². The molecular formula is C14H15ClINO. The number of hydrogen-bond acceptors (Lipinski definition) is 1. The van der Waals surface area contributed by atoms with Crippen LogP contribution in [0.1, 0.15) is 29.6 Å². The molecule has 1 aromatic carbocycles. The lowest BCUT2D eigenvalue weighted by Crippen LogP contribution is -2.29. The molecule has 2 aliphatic rings. The van der Waals surface area contributed by atoms with Crippen LogP contribution in [-0.4, -0.2) is 23.9 Å². The van der Waals surface area contributed by atoms with E-state index in [1.54, 1.807) is 6.07 Å². The average molecular weight is 376 g/mol. The van der Waals surface area contributed by atoms with E-state index in [0.29, 0.717) is 5.02 Å². The average Bonchev–Trinajstić information content (AvgIpc) is 2.92. The molecule has 3 rings (SSSR count). The highest BCUT2D eigenvalue weighted by Crippen LogP contribution is 2.38. The van der Waals surface area contributed by atoms with Crippen molar-refractivity contribution in [2.24, 2.45) is 11.8 Å². The number of amides is 1. The first-order valence-electron chi connectivity index (χ1n) is 6.39. The van der Waals surface area contributed by atoms with Crippen LogP contribution in [0.15, 0.2) is 18.2 Å². The number of hydrogen-bond donors (Lipinski definition) is 0. The minimum atomic E-state index is 0.141. The van der Waals surface area contributed by atoms with Crippen molar-refractivity contribution in [3.63, 3.8) is 0 Å². The van der Waals surface area contributed by atoms with E-state index < -0.39 is 0 Å². The van der Waals surface area contributed by atoms with E-state index in [2.05, 4.69) is 22.6 Å². The van der Waals surface area contributed by atoms with Crippen LogP contribution in [0.4, 0.5) is 0 Å². The molecule has 96 valence electrons. The van der Waals surface area contributed by atoms with Gasteiger partial charge in [0.2, 0.25) is 0 Å². The zero-order valence-corrected chi connectivity index (χ0v) is 12.9. The first-order valence-corrected chi connectivity index (χ1v) is 7.85. The lowest BCUT2D eigenvalue weighted by Gasteiger charge is -2.17. The molecule has 1 saturated carbocycles. The number of likely N-dealkylation sites (tertiary alicyclic amines) is 1. The van der Waals surface area contributed by atoms with Crippen molar-refractivity contribution < 1.29 is 4.79 Å². The van der Waals surface area contributed by atoms with Gasteiger partial charge in [-0.2, -0.15) is 0 Å². The Labute approximate surface area is 126 Å². The number of carbonyl (C=O) groups excluding carboxylic acids is 1. The maximum Gasteiger partial charge on any atom is 0.253 e. The van der Waals surface area contributed by atoms with Crippen molar-refractivity contribution in [1.29, 1.82) is 0 Å². The van der Waals surface area contributed by atoms with Crippen LogP contribution < -0.4 is 0 Å². The third-order valence-electron chi connectivity index (χ3n) is 4.18. The van der Waals surface area contributed by atoms with Gasteiger partial charge in [0.15, 0.2) is 0 Å². The molecule has 2 unspecified atom stereocenters. The molecule has 2 fully saturated rings. The van der Waals surface area contributed by atoms with E-state index >= 15 is 0 Å². The lowest BCUT2D eigenvalue weighted by molar-refractivity contribution is 0.0780. The van der Waals surface area contributed by atoms with Crippen LogP contribution >= 0.6 is 34.2 Å². The van der Waals surface area contributed by atoms with E-state index in [1.807, 2.05) is 17.0 Å². The van der Waals surface area contributed by atoms with E-state index in [4.69, 9.17) is 11.6 Å². The van der Waals surface area contributed by atoms with E-state index in [-0.39, 0.29) is 5.91 Å². The van der Waals surface area contributed by atoms with Gasteiger partial charge in [-0.15, -0.1) is 0 Å². The summed E-state index contributed by atoms with van der Waals surface area (Å²) in [5, 5.41) is 0.667. The maximum atomic E-state index is 12.4. The minimum Gasteiger partial charge on any atom is -0.338 e. The largest absolute Gasteiger partial charge is 0.338 e. The summed E-state index contributed by atoms with van der Waals surface area (Å²) in [4.78, 5) is 14.4. The second kappa shape index (κ2) is 5.00. The molecule has 1 amide bonds. The van der Waals surface area contributed by atoms with Gasteiger partial charge in [-0.05, 0) is 65.5 Å². The third kappa shape index (κ3) is 2.27. The molecule has 0 spiro atoms. The van der Waals surface area contributed by atoms with Crippen molar-refractivity contribution in [2.45, 2.75) is 19.3 Å². The van der Waals surface area contributed by atoms with E-state index in [1.165, 1.54) is 19.3 Å². The maximum absolute atomic E-state index is 12.4. The molecule has 2 atom stereocenters. The van der Waals surface area contributed by atoms with Gasteiger partial charge in [0, 0.05) is 22.2 Å². The Kier molecular flexibility index (Phi) is 3.54. The number of carbonyl (C=O) groups is 1. The summed E-state index contributed by atoms with van der Waals surface area (Å²) in [6.45, 7) is 1.88. The highest BCUT2D eigenvalue weighted by atomic mass is 127. The van der Waals surface area contributed by atoms with Gasteiger partial charge >= 0.3 is 0 Å². The highest BCUT2D eigenvalue weighted by Gasteiger charge is 2.38. The molecular weight excluding hydrogens is 361 g/mol. The summed E-state index contributed by atoms with van der Waals surface area (Å²) in [6.07, 6.45) is 3.93. The van der Waals surface area contributed by atoms with Crippen molar-refractivity contribution in [1.82, 2.24) is 4.90 Å². The van der Waals surface area contributed by atoms with Crippen LogP contribution in [0.25, 0.3) is 0 Å². The SMILES string of the molecule is O=C(c1ccc(I)c(Cl)c1)N1CC2CCCC2C1. The predicted octanol–water partition coefficient (Wildman–Crippen LogP) is 3.82. The first kappa shape index (κ1) is 12.7. The van der Waals surface area contributed by atoms with Gasteiger partial charge in [-0.25, -0.2) is 0 Å². The Morgan fingerprint density at radius 3 is 2.56 bits per heavy atom. The lowest BCUT2D eigenvalue weighted by atomic mass is 10.0. The fourth-order valence-corrected chi connectivity index (χ4v) is 3.73. The van der Waals surface area contributed by atoms with Crippen molar-refractivity contribution in [3.05, 3.63) is 32.4 Å². The van der Waals surface area contributed by atoms with Gasteiger partial charge in [-0.1, -0.05) is 18.0 Å². The number of fused-ring (bicyclic) bond motifs is 1. The van der Waals surface area contributed by atoms with E-state index in [9.17, 15) is 4.79 Å². The fourth-order valence-electron chi connectivity index (χ4n) is 3.21. The Hall–Kier alpha value is -0.290. The van der Waals surface area contributed by atoms with Crippen LogP contribution in [-0.2, 0) is 0 Å². The Morgan fingerprint density at radius 2 is 1.94 bits per heavy atom. The molecule has 0 aromatic heterocycles. The van der Waals surface area contributed by atoms with Crippen LogP contribution in [0, 0.1) is 15.4 Å². The van der Waals surface area contributed by atoms with Crippen LogP contribution in [0.3, 0.4) is 0 Å². The number of rotatable bonds is 1. The fraction of sp³-hybridized carbons (Fsp3) is 0.500. The second-order valence-corrected chi connectivity index (χ2v) is 6.86. The standard InChI is InChI=1S/C14H15ClINO/c15-12-6-9(4-5-13(12)16)14(18)17-7-10-2-1-3-11(10)8-17/h4-6,10-11H,1-3,7-8H2. The van der Waals surface area contributed by atoms with Gasteiger partial charge in [0.1, 0.15) is 0 Å². The molecule has 1 aliphatic heterocycles. The normalized spacial score (nSPS) is 26.4. The quantitative estimate of drug-likeness (QED) is 0.684. The van der Waals surface area contributed by atoms with Crippen molar-refractivity contribution >= 4 is 40.1 Å². The molecule has 2 nitrogen and oxygen atoms in total. The summed E-state index contributed by atoms with van der Waals surface area (Å²) < 4.78 is 0.990. The predicted molar refractivity (Wildman–Crippen MR) is 80.9 cm³/mol.